The third-order valence-electron chi connectivity index (χ3n) is 2.90. The van der Waals surface area contributed by atoms with Crippen LogP contribution >= 0.6 is 0 Å². The number of hydrogen-bond donors (Lipinski definition) is 0. The van der Waals surface area contributed by atoms with E-state index in [-0.39, 0.29) is 0 Å². The molecule has 0 N–H and O–H groups in total. The first-order chi connectivity index (χ1) is 7.24. The lowest BCUT2D eigenvalue weighted by molar-refractivity contribution is 0.642. The zero-order valence-corrected chi connectivity index (χ0v) is 10.4. The number of aliphatic imine (C=N–C) groups is 2. The number of unbranched alkanes of at least 4 members (excludes halogenated alkanes) is 4. The summed E-state index contributed by atoms with van der Waals surface area (Å²) < 4.78 is 0. The van der Waals surface area contributed by atoms with Crippen molar-refractivity contribution < 1.29 is 0 Å². The highest BCUT2D eigenvalue weighted by molar-refractivity contribution is 6.41. The molecule has 0 fully saturated rings. The first kappa shape index (κ1) is 12.4. The number of nitrogens with zero attached hydrogens (tertiary/aromatic N) is 2. The van der Waals surface area contributed by atoms with Gasteiger partial charge in [0.2, 0.25) is 0 Å². The molecule has 1 atom stereocenters. The van der Waals surface area contributed by atoms with Gasteiger partial charge in [-0.15, -0.1) is 0 Å². The summed E-state index contributed by atoms with van der Waals surface area (Å²) in [6, 6.07) is 0.397. The van der Waals surface area contributed by atoms with Crippen LogP contribution in [0.25, 0.3) is 0 Å². The summed E-state index contributed by atoms with van der Waals surface area (Å²) in [5, 5.41) is 0. The second kappa shape index (κ2) is 6.76. The van der Waals surface area contributed by atoms with E-state index in [0.29, 0.717) is 6.04 Å². The fourth-order valence-electron chi connectivity index (χ4n) is 1.96. The van der Waals surface area contributed by atoms with E-state index in [1.807, 2.05) is 0 Å². The molecule has 0 spiro atoms. The highest BCUT2D eigenvalue weighted by atomic mass is 14.9. The SMILES string of the molecule is CCCCCCCC1=NCC(C)N=C1C. The summed E-state index contributed by atoms with van der Waals surface area (Å²) in [7, 11) is 0. The van der Waals surface area contributed by atoms with E-state index in [9.17, 15) is 0 Å². The maximum atomic E-state index is 4.60. The molecule has 0 aliphatic carbocycles. The molecule has 0 saturated heterocycles. The van der Waals surface area contributed by atoms with E-state index in [2.05, 4.69) is 30.8 Å². The predicted molar refractivity (Wildman–Crippen MR) is 68.2 cm³/mol. The van der Waals surface area contributed by atoms with Gasteiger partial charge in [-0.25, -0.2) is 0 Å². The van der Waals surface area contributed by atoms with Crippen molar-refractivity contribution >= 4 is 11.4 Å². The highest BCUT2D eigenvalue weighted by Gasteiger charge is 2.11. The predicted octanol–water partition coefficient (Wildman–Crippen LogP) is 3.65. The Labute approximate surface area is 93.9 Å². The number of hydrogen-bond acceptors (Lipinski definition) is 2. The molecule has 0 aromatic rings. The minimum atomic E-state index is 0.397. The van der Waals surface area contributed by atoms with Crippen LogP contribution in [-0.4, -0.2) is 24.0 Å². The molecule has 1 heterocycles. The monoisotopic (exact) mass is 208 g/mol. The smallest absolute Gasteiger partial charge is 0.0670 e. The lowest BCUT2D eigenvalue weighted by atomic mass is 10.0. The van der Waals surface area contributed by atoms with Crippen LogP contribution in [0.5, 0.6) is 0 Å². The molecule has 1 rings (SSSR count). The second-order valence-corrected chi connectivity index (χ2v) is 4.52. The van der Waals surface area contributed by atoms with E-state index < -0.39 is 0 Å². The first-order valence-electron chi connectivity index (χ1n) is 6.32. The molecule has 0 radical (unpaired) electrons. The van der Waals surface area contributed by atoms with Crippen LogP contribution in [0.2, 0.25) is 0 Å². The third-order valence-corrected chi connectivity index (χ3v) is 2.90. The normalized spacial score (nSPS) is 21.1. The maximum absolute atomic E-state index is 4.60. The van der Waals surface area contributed by atoms with Gasteiger partial charge in [0.05, 0.1) is 24.0 Å². The molecule has 2 nitrogen and oxygen atoms in total. The zero-order valence-electron chi connectivity index (χ0n) is 10.4. The Balaban J connectivity index is 2.19. The fraction of sp³-hybridized carbons (Fsp3) is 0.846. The summed E-state index contributed by atoms with van der Waals surface area (Å²) in [6.07, 6.45) is 7.81. The summed E-state index contributed by atoms with van der Waals surface area (Å²) >= 11 is 0. The molecule has 15 heavy (non-hydrogen) atoms. The lowest BCUT2D eigenvalue weighted by Gasteiger charge is -2.15. The molecule has 0 aromatic heterocycles. The Kier molecular flexibility index (Phi) is 5.59. The van der Waals surface area contributed by atoms with Crippen molar-refractivity contribution in [2.24, 2.45) is 9.98 Å². The van der Waals surface area contributed by atoms with Gasteiger partial charge in [-0.2, -0.15) is 0 Å². The van der Waals surface area contributed by atoms with Gasteiger partial charge in [-0.05, 0) is 26.7 Å². The average molecular weight is 208 g/mol. The lowest BCUT2D eigenvalue weighted by Crippen LogP contribution is -2.21. The van der Waals surface area contributed by atoms with Crippen molar-refractivity contribution in [2.75, 3.05) is 6.54 Å². The fourth-order valence-corrected chi connectivity index (χ4v) is 1.96. The minimum Gasteiger partial charge on any atom is -0.286 e. The molecule has 86 valence electrons. The third kappa shape index (κ3) is 4.59. The van der Waals surface area contributed by atoms with Crippen LogP contribution in [0.15, 0.2) is 9.98 Å². The van der Waals surface area contributed by atoms with E-state index in [4.69, 9.17) is 0 Å². The molecule has 2 heteroatoms. The van der Waals surface area contributed by atoms with Crippen molar-refractivity contribution in [1.82, 2.24) is 0 Å². The summed E-state index contributed by atoms with van der Waals surface area (Å²) in [5.41, 5.74) is 2.42. The van der Waals surface area contributed by atoms with Crippen molar-refractivity contribution in [3.05, 3.63) is 0 Å². The van der Waals surface area contributed by atoms with E-state index in [0.717, 1.165) is 13.0 Å². The second-order valence-electron chi connectivity index (χ2n) is 4.52. The van der Waals surface area contributed by atoms with Crippen LogP contribution in [0.3, 0.4) is 0 Å². The van der Waals surface area contributed by atoms with Gasteiger partial charge in [0.25, 0.3) is 0 Å². The Hall–Kier alpha value is -0.660. The Bertz CT molecular complexity index is 241. The van der Waals surface area contributed by atoms with Crippen LogP contribution in [-0.2, 0) is 0 Å². The van der Waals surface area contributed by atoms with Gasteiger partial charge >= 0.3 is 0 Å². The van der Waals surface area contributed by atoms with Crippen molar-refractivity contribution in [2.45, 2.75) is 65.3 Å². The van der Waals surface area contributed by atoms with E-state index in [1.165, 1.54) is 43.5 Å². The molecule has 0 saturated carbocycles. The molecule has 1 aliphatic rings. The number of rotatable bonds is 6. The molecule has 1 unspecified atom stereocenters. The van der Waals surface area contributed by atoms with Gasteiger partial charge in [0, 0.05) is 0 Å². The Morgan fingerprint density at radius 1 is 1.20 bits per heavy atom. The van der Waals surface area contributed by atoms with Gasteiger partial charge in [0.15, 0.2) is 0 Å². The standard InChI is InChI=1S/C13H24N2/c1-4-5-6-7-8-9-13-12(3)15-11(2)10-14-13/h11H,4-10H2,1-3H3. The van der Waals surface area contributed by atoms with Gasteiger partial charge in [-0.3, -0.25) is 9.98 Å². The summed E-state index contributed by atoms with van der Waals surface area (Å²) in [4.78, 5) is 9.16. The van der Waals surface area contributed by atoms with Crippen molar-refractivity contribution in [3.8, 4) is 0 Å². The van der Waals surface area contributed by atoms with Crippen LogP contribution < -0.4 is 0 Å². The van der Waals surface area contributed by atoms with Crippen molar-refractivity contribution in [3.63, 3.8) is 0 Å². The van der Waals surface area contributed by atoms with Crippen LogP contribution in [0.1, 0.15) is 59.3 Å². The molecule has 1 aliphatic heterocycles. The molecule has 0 aromatic carbocycles. The molecule has 0 amide bonds. The van der Waals surface area contributed by atoms with E-state index in [1.54, 1.807) is 0 Å². The van der Waals surface area contributed by atoms with Crippen LogP contribution in [0, 0.1) is 0 Å². The Morgan fingerprint density at radius 3 is 2.60 bits per heavy atom. The highest BCUT2D eigenvalue weighted by Crippen LogP contribution is 2.10. The zero-order chi connectivity index (χ0) is 11.1. The topological polar surface area (TPSA) is 24.7 Å². The largest absolute Gasteiger partial charge is 0.286 e. The molecule has 0 bridgehead atoms. The maximum Gasteiger partial charge on any atom is 0.0670 e. The first-order valence-corrected chi connectivity index (χ1v) is 6.32. The quantitative estimate of drug-likeness (QED) is 0.595. The van der Waals surface area contributed by atoms with Crippen LogP contribution in [0.4, 0.5) is 0 Å². The summed E-state index contributed by atoms with van der Waals surface area (Å²) in [5.74, 6) is 0. The van der Waals surface area contributed by atoms with E-state index >= 15 is 0 Å². The van der Waals surface area contributed by atoms with Gasteiger partial charge < -0.3 is 0 Å². The molecular formula is C13H24N2. The Morgan fingerprint density at radius 2 is 1.93 bits per heavy atom. The van der Waals surface area contributed by atoms with Crippen molar-refractivity contribution in [1.29, 1.82) is 0 Å². The minimum absolute atomic E-state index is 0.397. The molecular weight excluding hydrogens is 184 g/mol. The van der Waals surface area contributed by atoms with Gasteiger partial charge in [-0.1, -0.05) is 32.6 Å². The average Bonchev–Trinajstić information content (AvgIpc) is 2.20. The summed E-state index contributed by atoms with van der Waals surface area (Å²) in [6.45, 7) is 7.37. The van der Waals surface area contributed by atoms with Gasteiger partial charge in [0.1, 0.15) is 0 Å².